The van der Waals surface area contributed by atoms with Crippen molar-refractivity contribution in [3.05, 3.63) is 73.3 Å². The summed E-state index contributed by atoms with van der Waals surface area (Å²) in [6.07, 6.45) is 1.93. The first-order chi connectivity index (χ1) is 12.9. The molecule has 0 bridgehead atoms. The van der Waals surface area contributed by atoms with Gasteiger partial charge in [-0.3, -0.25) is 4.79 Å². The van der Waals surface area contributed by atoms with Crippen molar-refractivity contribution in [3.8, 4) is 0 Å². The monoisotopic (exact) mass is 380 g/mol. The molecule has 4 heteroatoms. The summed E-state index contributed by atoms with van der Waals surface area (Å²) in [6.45, 7) is 11.0. The first-order valence-electron chi connectivity index (χ1n) is 9.45. The van der Waals surface area contributed by atoms with Gasteiger partial charge in [0.25, 0.3) is 8.32 Å². The topological polar surface area (TPSA) is 35.5 Å². The van der Waals surface area contributed by atoms with Crippen molar-refractivity contribution >= 4 is 24.7 Å². The Morgan fingerprint density at radius 3 is 2.04 bits per heavy atom. The number of esters is 1. The molecule has 0 spiro atoms. The lowest BCUT2D eigenvalue weighted by Crippen LogP contribution is -2.67. The van der Waals surface area contributed by atoms with Crippen molar-refractivity contribution in [2.45, 2.75) is 38.3 Å². The lowest BCUT2D eigenvalue weighted by Gasteiger charge is -2.43. The Hall–Kier alpha value is -2.17. The molecule has 3 nitrogen and oxygen atoms in total. The fourth-order valence-electron chi connectivity index (χ4n) is 3.99. The van der Waals surface area contributed by atoms with Crippen molar-refractivity contribution in [1.82, 2.24) is 0 Å². The van der Waals surface area contributed by atoms with E-state index >= 15 is 0 Å². The Morgan fingerprint density at radius 1 is 1.07 bits per heavy atom. The number of cyclic esters (lactones) is 1. The molecule has 2 atom stereocenters. The molecule has 0 N–H and O–H groups in total. The van der Waals surface area contributed by atoms with Crippen LogP contribution in [0.1, 0.15) is 27.2 Å². The van der Waals surface area contributed by atoms with Crippen LogP contribution in [0.2, 0.25) is 5.04 Å². The Morgan fingerprint density at radius 2 is 1.59 bits per heavy atom. The normalized spacial score (nSPS) is 20.3. The molecule has 1 saturated heterocycles. The zero-order valence-corrected chi connectivity index (χ0v) is 17.4. The van der Waals surface area contributed by atoms with Crippen LogP contribution in [0.25, 0.3) is 0 Å². The Labute approximate surface area is 163 Å². The van der Waals surface area contributed by atoms with Gasteiger partial charge in [-0.2, -0.15) is 0 Å². The van der Waals surface area contributed by atoms with Gasteiger partial charge >= 0.3 is 5.97 Å². The summed E-state index contributed by atoms with van der Waals surface area (Å²) < 4.78 is 12.4. The van der Waals surface area contributed by atoms with Gasteiger partial charge in [0.1, 0.15) is 6.10 Å². The maximum atomic E-state index is 11.8. The highest BCUT2D eigenvalue weighted by molar-refractivity contribution is 6.99. The summed E-state index contributed by atoms with van der Waals surface area (Å²) in [6, 6.07) is 21.0. The van der Waals surface area contributed by atoms with Crippen LogP contribution in [0, 0.1) is 5.92 Å². The highest BCUT2D eigenvalue weighted by Gasteiger charge is 2.51. The predicted octanol–water partition coefficient (Wildman–Crippen LogP) is 3.68. The molecule has 2 aromatic carbocycles. The fraction of sp³-hybridized carbons (Fsp3) is 0.348. The second-order valence-electron chi connectivity index (χ2n) is 8.11. The minimum atomic E-state index is -2.61. The Balaban J connectivity index is 2.04. The molecule has 0 amide bonds. The van der Waals surface area contributed by atoms with Crippen molar-refractivity contribution < 1.29 is 14.0 Å². The second kappa shape index (κ2) is 7.83. The zero-order chi connectivity index (χ0) is 19.5. The zero-order valence-electron chi connectivity index (χ0n) is 16.4. The fourth-order valence-corrected chi connectivity index (χ4v) is 8.56. The quantitative estimate of drug-likeness (QED) is 0.436. The molecule has 0 radical (unpaired) electrons. The standard InChI is InChI=1S/C23H28O3Si/c1-5-18-16-22(24)26-21(18)17-25-27(23(2,3)4,19-12-8-6-9-13-19)20-14-10-7-11-15-20/h5-15,18,21H,1,16-17H2,2-4H3/t18-,21+/m0/s1. The number of ether oxygens (including phenoxy) is 1. The largest absolute Gasteiger partial charge is 0.459 e. The molecule has 27 heavy (non-hydrogen) atoms. The number of carbonyl (C=O) groups excluding carboxylic acids is 1. The minimum absolute atomic E-state index is 0.00992. The van der Waals surface area contributed by atoms with E-state index in [9.17, 15) is 4.79 Å². The third kappa shape index (κ3) is 3.78. The number of carbonyl (C=O) groups is 1. The smallest absolute Gasteiger partial charge is 0.306 e. The maximum absolute atomic E-state index is 11.8. The highest BCUT2D eigenvalue weighted by Crippen LogP contribution is 2.37. The van der Waals surface area contributed by atoms with E-state index < -0.39 is 8.32 Å². The highest BCUT2D eigenvalue weighted by atomic mass is 28.4. The third-order valence-corrected chi connectivity index (χ3v) is 10.4. The minimum Gasteiger partial charge on any atom is -0.459 e. The average Bonchev–Trinajstić information content (AvgIpc) is 3.03. The van der Waals surface area contributed by atoms with Crippen LogP contribution >= 0.6 is 0 Å². The number of hydrogen-bond donors (Lipinski definition) is 0. The molecule has 1 heterocycles. The average molecular weight is 381 g/mol. The van der Waals surface area contributed by atoms with E-state index in [-0.39, 0.29) is 23.0 Å². The van der Waals surface area contributed by atoms with E-state index in [0.29, 0.717) is 13.0 Å². The van der Waals surface area contributed by atoms with Crippen LogP contribution in [-0.2, 0) is 14.0 Å². The molecule has 142 valence electrons. The van der Waals surface area contributed by atoms with Gasteiger partial charge in [-0.15, -0.1) is 6.58 Å². The van der Waals surface area contributed by atoms with Gasteiger partial charge in [-0.05, 0) is 15.4 Å². The van der Waals surface area contributed by atoms with E-state index in [0.717, 1.165) is 0 Å². The van der Waals surface area contributed by atoms with Crippen molar-refractivity contribution in [2.24, 2.45) is 5.92 Å². The van der Waals surface area contributed by atoms with Crippen molar-refractivity contribution in [2.75, 3.05) is 6.61 Å². The van der Waals surface area contributed by atoms with Crippen LogP contribution in [0.4, 0.5) is 0 Å². The third-order valence-electron chi connectivity index (χ3n) is 5.35. The van der Waals surface area contributed by atoms with Gasteiger partial charge in [0.2, 0.25) is 0 Å². The first-order valence-corrected chi connectivity index (χ1v) is 11.4. The molecule has 0 unspecified atom stereocenters. The summed E-state index contributed by atoms with van der Waals surface area (Å²) in [5.74, 6) is -0.160. The van der Waals surface area contributed by atoms with Crippen LogP contribution in [0.3, 0.4) is 0 Å². The summed E-state index contributed by atoms with van der Waals surface area (Å²) in [7, 11) is -2.61. The summed E-state index contributed by atoms with van der Waals surface area (Å²) >= 11 is 0. The Kier molecular flexibility index (Phi) is 5.68. The number of benzene rings is 2. The van der Waals surface area contributed by atoms with Crippen LogP contribution in [0.15, 0.2) is 73.3 Å². The summed E-state index contributed by atoms with van der Waals surface area (Å²) in [5, 5.41) is 2.36. The van der Waals surface area contributed by atoms with E-state index in [1.54, 1.807) is 0 Å². The molecule has 1 aliphatic heterocycles. The molecule has 0 aromatic heterocycles. The predicted molar refractivity (Wildman–Crippen MR) is 112 cm³/mol. The van der Waals surface area contributed by atoms with Crippen LogP contribution in [-0.4, -0.2) is 27.0 Å². The van der Waals surface area contributed by atoms with Gasteiger partial charge in [0, 0.05) is 5.92 Å². The number of hydrogen-bond acceptors (Lipinski definition) is 3. The summed E-state index contributed by atoms with van der Waals surface area (Å²) in [4.78, 5) is 11.8. The lowest BCUT2D eigenvalue weighted by molar-refractivity contribution is -0.142. The molecule has 3 rings (SSSR count). The molecule has 1 fully saturated rings. The molecular weight excluding hydrogens is 352 g/mol. The summed E-state index contributed by atoms with van der Waals surface area (Å²) in [5.41, 5.74) is 0. The first kappa shape index (κ1) is 19.6. The van der Waals surface area contributed by atoms with Gasteiger partial charge < -0.3 is 9.16 Å². The molecular formula is C23H28O3Si. The van der Waals surface area contributed by atoms with Gasteiger partial charge in [-0.25, -0.2) is 0 Å². The molecule has 1 aliphatic rings. The van der Waals surface area contributed by atoms with E-state index in [1.165, 1.54) is 10.4 Å². The van der Waals surface area contributed by atoms with Crippen LogP contribution in [0.5, 0.6) is 0 Å². The number of rotatable bonds is 6. The van der Waals surface area contributed by atoms with Gasteiger partial charge in [-0.1, -0.05) is 87.5 Å². The van der Waals surface area contributed by atoms with E-state index in [4.69, 9.17) is 9.16 Å². The van der Waals surface area contributed by atoms with E-state index in [1.807, 2.05) is 18.2 Å². The van der Waals surface area contributed by atoms with Gasteiger partial charge in [0.15, 0.2) is 0 Å². The van der Waals surface area contributed by atoms with E-state index in [2.05, 4.69) is 75.9 Å². The molecule has 2 aromatic rings. The SMILES string of the molecule is C=C[C@H]1CC(=O)O[C@@H]1CO[Si](c1ccccc1)(c1ccccc1)C(C)(C)C. The second-order valence-corrected chi connectivity index (χ2v) is 12.4. The molecule has 0 saturated carbocycles. The van der Waals surface area contributed by atoms with Crippen LogP contribution < -0.4 is 10.4 Å². The van der Waals surface area contributed by atoms with Crippen molar-refractivity contribution in [1.29, 1.82) is 0 Å². The molecule has 0 aliphatic carbocycles. The Bertz CT molecular complexity index is 741. The van der Waals surface area contributed by atoms with Gasteiger partial charge in [0.05, 0.1) is 13.0 Å². The van der Waals surface area contributed by atoms with Crippen molar-refractivity contribution in [3.63, 3.8) is 0 Å². The maximum Gasteiger partial charge on any atom is 0.306 e. The lowest BCUT2D eigenvalue weighted by atomic mass is 10.0.